The first-order valence-corrected chi connectivity index (χ1v) is 3.58. The molecule has 0 aliphatic heterocycles. The van der Waals surface area contributed by atoms with E-state index < -0.39 is 0 Å². The fourth-order valence-corrected chi connectivity index (χ4v) is 0.705. The number of aliphatic hydroxyl groups is 1. The molecule has 0 heterocycles. The molecular weight excluding hydrogens is 130 g/mol. The number of hydrogen-bond donors (Lipinski definition) is 2. The second-order valence-corrected chi connectivity index (χ2v) is 2.52. The predicted octanol–water partition coefficient (Wildman–Crippen LogP) is 0.270. The normalized spacial score (nSPS) is 13.0. The molecule has 0 aromatic carbocycles. The van der Waals surface area contributed by atoms with Crippen LogP contribution in [-0.4, -0.2) is 17.6 Å². The zero-order valence-electron chi connectivity index (χ0n) is 6.34. The third kappa shape index (κ3) is 4.32. The molecule has 0 aromatic heterocycles. The number of aliphatic hydroxyl groups excluding tert-OH is 1. The van der Waals surface area contributed by atoms with Crippen LogP contribution >= 0.6 is 0 Å². The zero-order valence-corrected chi connectivity index (χ0v) is 6.34. The quantitative estimate of drug-likeness (QED) is 0.545. The lowest BCUT2D eigenvalue weighted by atomic mass is 10.0. The summed E-state index contributed by atoms with van der Waals surface area (Å²) in [6.45, 7) is 2.01. The second-order valence-electron chi connectivity index (χ2n) is 2.52. The fourth-order valence-electron chi connectivity index (χ4n) is 0.705. The highest BCUT2D eigenvalue weighted by atomic mass is 16.2. The Morgan fingerprint density at radius 2 is 2.20 bits per heavy atom. The van der Waals surface area contributed by atoms with Crippen molar-refractivity contribution in [2.75, 3.05) is 6.61 Å². The molecule has 3 nitrogen and oxygen atoms in total. The Morgan fingerprint density at radius 3 is 2.60 bits per heavy atom. The summed E-state index contributed by atoms with van der Waals surface area (Å²) in [5.41, 5.74) is 5.02. The standard InChI is InChI=1S/C7H15NO2/c1-6(7(8)10)4-2-3-5-9/h6,9H,2-5H2,1H3,(H2,8,10). The van der Waals surface area contributed by atoms with Crippen LogP contribution in [0.25, 0.3) is 0 Å². The number of rotatable bonds is 5. The molecular formula is C7H15NO2. The average Bonchev–Trinajstić information content (AvgIpc) is 1.88. The van der Waals surface area contributed by atoms with Gasteiger partial charge in [-0.1, -0.05) is 13.3 Å². The number of amides is 1. The summed E-state index contributed by atoms with van der Waals surface area (Å²) in [7, 11) is 0. The van der Waals surface area contributed by atoms with Crippen LogP contribution in [0.3, 0.4) is 0 Å². The van der Waals surface area contributed by atoms with Gasteiger partial charge < -0.3 is 10.8 Å². The van der Waals surface area contributed by atoms with Crippen LogP contribution in [-0.2, 0) is 4.79 Å². The number of primary amides is 1. The maximum atomic E-state index is 10.5. The van der Waals surface area contributed by atoms with Gasteiger partial charge in [0.25, 0.3) is 0 Å². The molecule has 0 saturated heterocycles. The average molecular weight is 145 g/mol. The SMILES string of the molecule is CC(CCCCO)C(N)=O. The number of hydrogen-bond acceptors (Lipinski definition) is 2. The lowest BCUT2D eigenvalue weighted by molar-refractivity contribution is -0.121. The lowest BCUT2D eigenvalue weighted by Gasteiger charge is -2.04. The molecule has 0 radical (unpaired) electrons. The highest BCUT2D eigenvalue weighted by Gasteiger charge is 2.06. The maximum absolute atomic E-state index is 10.5. The summed E-state index contributed by atoms with van der Waals surface area (Å²) in [5.74, 6) is -0.301. The van der Waals surface area contributed by atoms with E-state index in [1.54, 1.807) is 6.92 Å². The van der Waals surface area contributed by atoms with E-state index >= 15 is 0 Å². The minimum Gasteiger partial charge on any atom is -0.396 e. The van der Waals surface area contributed by atoms with Crippen LogP contribution in [0.5, 0.6) is 0 Å². The molecule has 10 heavy (non-hydrogen) atoms. The van der Waals surface area contributed by atoms with E-state index in [0.29, 0.717) is 0 Å². The Balaban J connectivity index is 3.21. The van der Waals surface area contributed by atoms with Gasteiger partial charge in [0.2, 0.25) is 5.91 Å². The molecule has 0 aliphatic carbocycles. The van der Waals surface area contributed by atoms with E-state index in [2.05, 4.69) is 0 Å². The smallest absolute Gasteiger partial charge is 0.220 e. The number of carbonyl (C=O) groups is 1. The highest BCUT2D eigenvalue weighted by Crippen LogP contribution is 2.05. The summed E-state index contributed by atoms with van der Waals surface area (Å²) in [6.07, 6.45) is 2.42. The summed E-state index contributed by atoms with van der Waals surface area (Å²) in [6, 6.07) is 0. The van der Waals surface area contributed by atoms with Crippen molar-refractivity contribution in [1.29, 1.82) is 0 Å². The Hall–Kier alpha value is -0.570. The van der Waals surface area contributed by atoms with Crippen LogP contribution in [0.2, 0.25) is 0 Å². The maximum Gasteiger partial charge on any atom is 0.220 e. The number of nitrogens with two attached hydrogens (primary N) is 1. The largest absolute Gasteiger partial charge is 0.396 e. The molecule has 0 aliphatic rings. The van der Waals surface area contributed by atoms with E-state index in [0.717, 1.165) is 19.3 Å². The van der Waals surface area contributed by atoms with Gasteiger partial charge in [0, 0.05) is 12.5 Å². The Labute approximate surface area is 61.2 Å². The van der Waals surface area contributed by atoms with Gasteiger partial charge in [-0.15, -0.1) is 0 Å². The van der Waals surface area contributed by atoms with Crippen LogP contribution in [0, 0.1) is 5.92 Å². The van der Waals surface area contributed by atoms with E-state index in [1.807, 2.05) is 0 Å². The van der Waals surface area contributed by atoms with E-state index in [4.69, 9.17) is 10.8 Å². The first-order chi connectivity index (χ1) is 4.68. The molecule has 60 valence electrons. The van der Waals surface area contributed by atoms with Gasteiger partial charge in [-0.05, 0) is 12.8 Å². The lowest BCUT2D eigenvalue weighted by Crippen LogP contribution is -2.20. The second kappa shape index (κ2) is 5.23. The van der Waals surface area contributed by atoms with Crippen molar-refractivity contribution in [3.05, 3.63) is 0 Å². The third-order valence-corrected chi connectivity index (χ3v) is 1.53. The van der Waals surface area contributed by atoms with Crippen molar-refractivity contribution in [1.82, 2.24) is 0 Å². The molecule has 0 saturated carbocycles. The number of unbranched alkanes of at least 4 members (excludes halogenated alkanes) is 1. The molecule has 1 unspecified atom stereocenters. The van der Waals surface area contributed by atoms with Crippen LogP contribution in [0.4, 0.5) is 0 Å². The van der Waals surface area contributed by atoms with Crippen molar-refractivity contribution < 1.29 is 9.90 Å². The van der Waals surface area contributed by atoms with Gasteiger partial charge in [-0.2, -0.15) is 0 Å². The van der Waals surface area contributed by atoms with Gasteiger partial charge >= 0.3 is 0 Å². The molecule has 1 amide bonds. The third-order valence-electron chi connectivity index (χ3n) is 1.53. The summed E-state index contributed by atoms with van der Waals surface area (Å²) in [4.78, 5) is 10.5. The zero-order chi connectivity index (χ0) is 7.98. The van der Waals surface area contributed by atoms with Gasteiger partial charge in [-0.25, -0.2) is 0 Å². The van der Waals surface area contributed by atoms with Gasteiger partial charge in [-0.3, -0.25) is 4.79 Å². The van der Waals surface area contributed by atoms with Crippen molar-refractivity contribution in [3.63, 3.8) is 0 Å². The molecule has 3 N–H and O–H groups in total. The Bertz CT molecular complexity index is 104. The minimum absolute atomic E-state index is 0.0495. The van der Waals surface area contributed by atoms with Gasteiger partial charge in [0.1, 0.15) is 0 Å². The molecule has 0 fully saturated rings. The molecule has 0 aromatic rings. The van der Waals surface area contributed by atoms with E-state index in [9.17, 15) is 4.79 Å². The van der Waals surface area contributed by atoms with Crippen LogP contribution in [0.1, 0.15) is 26.2 Å². The van der Waals surface area contributed by atoms with Gasteiger partial charge in [0.05, 0.1) is 0 Å². The highest BCUT2D eigenvalue weighted by molar-refractivity contribution is 5.76. The molecule has 3 heteroatoms. The summed E-state index contributed by atoms with van der Waals surface area (Å²) in [5, 5.41) is 8.40. The minimum atomic E-state index is -0.252. The van der Waals surface area contributed by atoms with Crippen molar-refractivity contribution in [3.8, 4) is 0 Å². The molecule has 0 bridgehead atoms. The number of carbonyl (C=O) groups excluding carboxylic acids is 1. The molecule has 0 spiro atoms. The van der Waals surface area contributed by atoms with Crippen molar-refractivity contribution >= 4 is 5.91 Å². The topological polar surface area (TPSA) is 63.3 Å². The van der Waals surface area contributed by atoms with Gasteiger partial charge in [0.15, 0.2) is 0 Å². The first kappa shape index (κ1) is 9.43. The molecule has 1 atom stereocenters. The predicted molar refractivity (Wildman–Crippen MR) is 39.3 cm³/mol. The van der Waals surface area contributed by atoms with Crippen LogP contribution in [0.15, 0.2) is 0 Å². The monoisotopic (exact) mass is 145 g/mol. The van der Waals surface area contributed by atoms with Crippen LogP contribution < -0.4 is 5.73 Å². The van der Waals surface area contributed by atoms with E-state index in [1.165, 1.54) is 0 Å². The fraction of sp³-hybridized carbons (Fsp3) is 0.857. The van der Waals surface area contributed by atoms with Crippen molar-refractivity contribution in [2.24, 2.45) is 11.7 Å². The molecule has 0 rings (SSSR count). The van der Waals surface area contributed by atoms with E-state index in [-0.39, 0.29) is 18.4 Å². The van der Waals surface area contributed by atoms with Crippen molar-refractivity contribution in [2.45, 2.75) is 26.2 Å². The summed E-state index contributed by atoms with van der Waals surface area (Å²) >= 11 is 0. The Kier molecular flexibility index (Phi) is 4.94. The first-order valence-electron chi connectivity index (χ1n) is 3.58. The summed E-state index contributed by atoms with van der Waals surface area (Å²) < 4.78 is 0. The Morgan fingerprint density at radius 1 is 1.60 bits per heavy atom.